The summed E-state index contributed by atoms with van der Waals surface area (Å²) in [4.78, 5) is 15.4. The maximum Gasteiger partial charge on any atom is 0.335 e. The number of ether oxygens (including phenoxy) is 1. The van der Waals surface area contributed by atoms with Crippen LogP contribution >= 0.6 is 0 Å². The number of nitrogens with zero attached hydrogens (tertiary/aromatic N) is 1. The van der Waals surface area contributed by atoms with Gasteiger partial charge in [0.05, 0.1) is 5.56 Å². The molecule has 1 rings (SSSR count). The number of carboxylic acid groups (broad SMARTS) is 1. The highest BCUT2D eigenvalue weighted by molar-refractivity contribution is 5.88. The fourth-order valence-corrected chi connectivity index (χ4v) is 1.72. The van der Waals surface area contributed by atoms with E-state index in [-0.39, 0.29) is 5.56 Å². The molecule has 0 spiro atoms. The molecule has 1 aromatic rings. The first-order chi connectivity index (χ1) is 9.67. The van der Waals surface area contributed by atoms with Crippen molar-refractivity contribution in [1.29, 1.82) is 0 Å². The van der Waals surface area contributed by atoms with E-state index < -0.39 is 5.97 Å². The number of nitrogens with one attached hydrogen (secondary N) is 1. The number of rotatable bonds is 10. The number of carbonyl (C=O) groups is 1. The van der Waals surface area contributed by atoms with Crippen LogP contribution in [0.5, 0.6) is 0 Å². The predicted molar refractivity (Wildman–Crippen MR) is 79.4 cm³/mol. The number of anilines is 1. The number of pyridine rings is 1. The molecule has 112 valence electrons. The summed E-state index contributed by atoms with van der Waals surface area (Å²) in [5, 5.41) is 12.2. The van der Waals surface area contributed by atoms with Crippen molar-refractivity contribution in [3.8, 4) is 0 Å². The molecule has 0 saturated heterocycles. The van der Waals surface area contributed by atoms with Gasteiger partial charge in [-0.2, -0.15) is 0 Å². The Kier molecular flexibility index (Phi) is 7.65. The molecule has 1 heterocycles. The van der Waals surface area contributed by atoms with Crippen LogP contribution in [-0.2, 0) is 11.2 Å². The number of hydrogen-bond donors (Lipinski definition) is 2. The number of unbranched alkanes of at least 4 members (excludes halogenated alkanes) is 1. The molecule has 2 N–H and O–H groups in total. The van der Waals surface area contributed by atoms with Crippen LogP contribution in [0, 0.1) is 0 Å². The molecule has 0 aromatic carbocycles. The SMILES string of the molecule is CCCCOCCCNc1cc(C(=O)O)cc(CC)n1. The zero-order valence-corrected chi connectivity index (χ0v) is 12.3. The van der Waals surface area contributed by atoms with Gasteiger partial charge in [-0.3, -0.25) is 0 Å². The summed E-state index contributed by atoms with van der Waals surface area (Å²) < 4.78 is 5.46. The second-order valence-electron chi connectivity index (χ2n) is 4.64. The molecule has 5 heteroatoms. The lowest BCUT2D eigenvalue weighted by Gasteiger charge is -2.09. The highest BCUT2D eigenvalue weighted by Gasteiger charge is 2.07. The third-order valence-electron chi connectivity index (χ3n) is 2.90. The van der Waals surface area contributed by atoms with Crippen LogP contribution in [0.2, 0.25) is 0 Å². The van der Waals surface area contributed by atoms with E-state index in [0.717, 1.165) is 44.5 Å². The first-order valence-corrected chi connectivity index (χ1v) is 7.23. The highest BCUT2D eigenvalue weighted by atomic mass is 16.5. The van der Waals surface area contributed by atoms with Crippen LogP contribution in [0.15, 0.2) is 12.1 Å². The Labute approximate surface area is 120 Å². The number of carboxylic acids is 1. The van der Waals surface area contributed by atoms with E-state index in [9.17, 15) is 4.79 Å². The highest BCUT2D eigenvalue weighted by Crippen LogP contribution is 2.11. The standard InChI is InChI=1S/C15H24N2O3/c1-3-5-8-20-9-6-7-16-14-11-12(15(18)19)10-13(4-2)17-14/h10-11H,3-9H2,1-2H3,(H,16,17)(H,18,19). The Morgan fingerprint density at radius 2 is 2.05 bits per heavy atom. The fourth-order valence-electron chi connectivity index (χ4n) is 1.72. The van der Waals surface area contributed by atoms with Crippen molar-refractivity contribution in [1.82, 2.24) is 4.98 Å². The molecule has 1 aromatic heterocycles. The summed E-state index contributed by atoms with van der Waals surface area (Å²) in [7, 11) is 0. The average Bonchev–Trinajstić information content (AvgIpc) is 2.46. The largest absolute Gasteiger partial charge is 0.478 e. The van der Waals surface area contributed by atoms with Crippen LogP contribution in [-0.4, -0.2) is 35.8 Å². The van der Waals surface area contributed by atoms with Crippen molar-refractivity contribution in [2.75, 3.05) is 25.1 Å². The Morgan fingerprint density at radius 3 is 2.70 bits per heavy atom. The quantitative estimate of drug-likeness (QED) is 0.645. The summed E-state index contributed by atoms with van der Waals surface area (Å²) in [5.74, 6) is -0.302. The van der Waals surface area contributed by atoms with Crippen LogP contribution in [0.25, 0.3) is 0 Å². The monoisotopic (exact) mass is 280 g/mol. The molecular formula is C15H24N2O3. The van der Waals surface area contributed by atoms with Crippen LogP contribution in [0.4, 0.5) is 5.82 Å². The smallest absolute Gasteiger partial charge is 0.335 e. The third kappa shape index (κ3) is 6.02. The Balaban J connectivity index is 2.39. The minimum Gasteiger partial charge on any atom is -0.478 e. The molecule has 20 heavy (non-hydrogen) atoms. The number of hydrogen-bond acceptors (Lipinski definition) is 4. The molecular weight excluding hydrogens is 256 g/mol. The van der Waals surface area contributed by atoms with Gasteiger partial charge in [-0.1, -0.05) is 20.3 Å². The molecule has 0 fully saturated rings. The maximum atomic E-state index is 11.0. The van der Waals surface area contributed by atoms with Gasteiger partial charge in [0.25, 0.3) is 0 Å². The van der Waals surface area contributed by atoms with Crippen molar-refractivity contribution in [3.05, 3.63) is 23.4 Å². The van der Waals surface area contributed by atoms with E-state index >= 15 is 0 Å². The first kappa shape index (κ1) is 16.4. The van der Waals surface area contributed by atoms with E-state index in [2.05, 4.69) is 17.2 Å². The van der Waals surface area contributed by atoms with E-state index in [0.29, 0.717) is 12.4 Å². The fraction of sp³-hybridized carbons (Fsp3) is 0.600. The first-order valence-electron chi connectivity index (χ1n) is 7.23. The van der Waals surface area contributed by atoms with Gasteiger partial charge < -0.3 is 15.2 Å². The Morgan fingerprint density at radius 1 is 1.30 bits per heavy atom. The van der Waals surface area contributed by atoms with Gasteiger partial charge in [0, 0.05) is 25.5 Å². The summed E-state index contributed by atoms with van der Waals surface area (Å²) in [5.41, 5.74) is 1.06. The number of aromatic carboxylic acids is 1. The van der Waals surface area contributed by atoms with Crippen molar-refractivity contribution in [2.45, 2.75) is 39.5 Å². The lowest BCUT2D eigenvalue weighted by atomic mass is 10.2. The maximum absolute atomic E-state index is 11.0. The van der Waals surface area contributed by atoms with Crippen molar-refractivity contribution in [2.24, 2.45) is 0 Å². The Bertz CT molecular complexity index is 422. The summed E-state index contributed by atoms with van der Waals surface area (Å²) in [6.45, 7) is 6.34. The second kappa shape index (κ2) is 9.31. The molecule has 0 unspecified atom stereocenters. The van der Waals surface area contributed by atoms with E-state index in [1.165, 1.54) is 0 Å². The zero-order valence-electron chi connectivity index (χ0n) is 12.3. The second-order valence-corrected chi connectivity index (χ2v) is 4.64. The van der Waals surface area contributed by atoms with Gasteiger partial charge in [0.1, 0.15) is 5.82 Å². The minimum absolute atomic E-state index is 0.276. The summed E-state index contributed by atoms with van der Waals surface area (Å²) in [6, 6.07) is 3.18. The average molecular weight is 280 g/mol. The minimum atomic E-state index is -0.923. The van der Waals surface area contributed by atoms with E-state index in [1.54, 1.807) is 12.1 Å². The molecule has 0 bridgehead atoms. The van der Waals surface area contributed by atoms with Crippen molar-refractivity contribution in [3.63, 3.8) is 0 Å². The van der Waals surface area contributed by atoms with Crippen LogP contribution < -0.4 is 5.32 Å². The van der Waals surface area contributed by atoms with Gasteiger partial charge in [-0.15, -0.1) is 0 Å². The molecule has 0 aliphatic carbocycles. The van der Waals surface area contributed by atoms with Gasteiger partial charge in [0.15, 0.2) is 0 Å². The molecule has 0 amide bonds. The van der Waals surface area contributed by atoms with Gasteiger partial charge in [-0.05, 0) is 31.4 Å². The molecule has 0 aliphatic heterocycles. The van der Waals surface area contributed by atoms with Crippen LogP contribution in [0.1, 0.15) is 49.2 Å². The Hall–Kier alpha value is -1.62. The molecule has 0 atom stereocenters. The van der Waals surface area contributed by atoms with Crippen molar-refractivity contribution >= 4 is 11.8 Å². The lowest BCUT2D eigenvalue weighted by Crippen LogP contribution is -2.09. The topological polar surface area (TPSA) is 71.5 Å². The normalized spacial score (nSPS) is 10.5. The molecule has 0 saturated carbocycles. The zero-order chi connectivity index (χ0) is 14.8. The van der Waals surface area contributed by atoms with Gasteiger partial charge in [0.2, 0.25) is 0 Å². The molecule has 0 radical (unpaired) electrons. The molecule has 5 nitrogen and oxygen atoms in total. The predicted octanol–water partition coefficient (Wildman–Crippen LogP) is 2.96. The summed E-state index contributed by atoms with van der Waals surface area (Å²) in [6.07, 6.45) is 3.83. The lowest BCUT2D eigenvalue weighted by molar-refractivity contribution is 0.0696. The van der Waals surface area contributed by atoms with E-state index in [4.69, 9.17) is 9.84 Å². The van der Waals surface area contributed by atoms with Crippen molar-refractivity contribution < 1.29 is 14.6 Å². The third-order valence-corrected chi connectivity index (χ3v) is 2.90. The van der Waals surface area contributed by atoms with Gasteiger partial charge in [-0.25, -0.2) is 9.78 Å². The van der Waals surface area contributed by atoms with Gasteiger partial charge >= 0.3 is 5.97 Å². The number of aryl methyl sites for hydroxylation is 1. The van der Waals surface area contributed by atoms with Crippen LogP contribution in [0.3, 0.4) is 0 Å². The summed E-state index contributed by atoms with van der Waals surface area (Å²) >= 11 is 0. The van der Waals surface area contributed by atoms with E-state index in [1.807, 2.05) is 6.92 Å². The molecule has 0 aliphatic rings. The number of aromatic nitrogens is 1.